The first kappa shape index (κ1) is 10.4. The standard InChI is InChI=1S/C14H20N2S/c15-12-8-16-13(17-12)7-14-4-9-1-10(5-14)3-11(2-9)6-14/h8-11H,1-7,15H2. The van der Waals surface area contributed by atoms with Crippen molar-refractivity contribution in [2.24, 2.45) is 23.2 Å². The van der Waals surface area contributed by atoms with Crippen LogP contribution >= 0.6 is 11.3 Å². The SMILES string of the molecule is Nc1cnc(CC23CC4CC(CC(C4)C2)C3)s1. The highest BCUT2D eigenvalue weighted by molar-refractivity contribution is 7.15. The van der Waals surface area contributed by atoms with Crippen molar-refractivity contribution in [2.75, 3.05) is 5.73 Å². The molecule has 92 valence electrons. The zero-order valence-corrected chi connectivity index (χ0v) is 11.0. The molecule has 0 aromatic carbocycles. The van der Waals surface area contributed by atoms with Crippen molar-refractivity contribution in [1.82, 2.24) is 4.98 Å². The molecule has 0 radical (unpaired) electrons. The number of hydrogen-bond acceptors (Lipinski definition) is 3. The lowest BCUT2D eigenvalue weighted by Crippen LogP contribution is -2.47. The molecule has 0 aliphatic heterocycles. The summed E-state index contributed by atoms with van der Waals surface area (Å²) in [6.45, 7) is 0. The Balaban J connectivity index is 1.60. The van der Waals surface area contributed by atoms with Crippen LogP contribution in [0.15, 0.2) is 6.20 Å². The van der Waals surface area contributed by atoms with E-state index >= 15 is 0 Å². The van der Waals surface area contributed by atoms with Crippen LogP contribution in [0.1, 0.15) is 43.5 Å². The first-order chi connectivity index (χ1) is 8.21. The summed E-state index contributed by atoms with van der Waals surface area (Å²) in [5.41, 5.74) is 6.41. The van der Waals surface area contributed by atoms with Crippen LogP contribution in [0, 0.1) is 23.2 Å². The first-order valence-corrected chi connectivity index (χ1v) is 7.73. The third kappa shape index (κ3) is 1.70. The molecular formula is C14H20N2S. The molecule has 1 heterocycles. The van der Waals surface area contributed by atoms with Crippen LogP contribution in [0.5, 0.6) is 0 Å². The van der Waals surface area contributed by atoms with E-state index in [1.165, 1.54) is 50.0 Å². The predicted molar refractivity (Wildman–Crippen MR) is 70.8 cm³/mol. The van der Waals surface area contributed by atoms with Crippen molar-refractivity contribution in [1.29, 1.82) is 0 Å². The normalized spacial score (nSPS) is 43.2. The van der Waals surface area contributed by atoms with Gasteiger partial charge in [-0.1, -0.05) is 0 Å². The monoisotopic (exact) mass is 248 g/mol. The average molecular weight is 248 g/mol. The minimum atomic E-state index is 0.610. The first-order valence-electron chi connectivity index (χ1n) is 6.91. The van der Waals surface area contributed by atoms with Crippen LogP contribution in [-0.2, 0) is 6.42 Å². The van der Waals surface area contributed by atoms with E-state index in [1.54, 1.807) is 11.3 Å². The lowest BCUT2D eigenvalue weighted by atomic mass is 9.49. The summed E-state index contributed by atoms with van der Waals surface area (Å²) >= 11 is 1.70. The third-order valence-electron chi connectivity index (χ3n) is 5.26. The maximum Gasteiger partial charge on any atom is 0.106 e. The van der Waals surface area contributed by atoms with Gasteiger partial charge in [0.2, 0.25) is 0 Å². The molecule has 5 rings (SSSR count). The molecule has 1 aromatic rings. The van der Waals surface area contributed by atoms with E-state index < -0.39 is 0 Å². The molecule has 4 saturated carbocycles. The summed E-state index contributed by atoms with van der Waals surface area (Å²) in [7, 11) is 0. The van der Waals surface area contributed by atoms with Gasteiger partial charge in [-0.2, -0.15) is 0 Å². The van der Waals surface area contributed by atoms with Crippen molar-refractivity contribution in [3.63, 3.8) is 0 Å². The number of aromatic nitrogens is 1. The molecule has 2 nitrogen and oxygen atoms in total. The number of nitrogens with zero attached hydrogens (tertiary/aromatic N) is 1. The Hall–Kier alpha value is -0.570. The maximum atomic E-state index is 5.80. The van der Waals surface area contributed by atoms with Crippen LogP contribution in [0.3, 0.4) is 0 Å². The van der Waals surface area contributed by atoms with Crippen LogP contribution in [0.2, 0.25) is 0 Å². The van der Waals surface area contributed by atoms with Gasteiger partial charge in [-0.15, -0.1) is 11.3 Å². The molecule has 4 fully saturated rings. The second kappa shape index (κ2) is 3.47. The van der Waals surface area contributed by atoms with E-state index in [0.717, 1.165) is 22.8 Å². The Morgan fingerprint density at radius 1 is 1.18 bits per heavy atom. The van der Waals surface area contributed by atoms with Gasteiger partial charge in [-0.05, 0) is 61.7 Å². The molecule has 17 heavy (non-hydrogen) atoms. The van der Waals surface area contributed by atoms with E-state index in [2.05, 4.69) is 4.98 Å². The van der Waals surface area contributed by atoms with Crippen molar-refractivity contribution in [2.45, 2.75) is 44.9 Å². The van der Waals surface area contributed by atoms with Crippen molar-refractivity contribution in [3.05, 3.63) is 11.2 Å². The van der Waals surface area contributed by atoms with Gasteiger partial charge in [0.15, 0.2) is 0 Å². The summed E-state index contributed by atoms with van der Waals surface area (Å²) in [6.07, 6.45) is 12.0. The van der Waals surface area contributed by atoms with E-state index in [4.69, 9.17) is 5.73 Å². The lowest BCUT2D eigenvalue weighted by Gasteiger charge is -2.56. The van der Waals surface area contributed by atoms with Crippen LogP contribution in [-0.4, -0.2) is 4.98 Å². The predicted octanol–water partition coefficient (Wildman–Crippen LogP) is 3.48. The number of anilines is 1. The maximum absolute atomic E-state index is 5.80. The largest absolute Gasteiger partial charge is 0.389 e. The number of hydrogen-bond donors (Lipinski definition) is 1. The number of nitrogen functional groups attached to an aromatic ring is 1. The Bertz CT molecular complexity index is 402. The summed E-state index contributed by atoms with van der Waals surface area (Å²) in [5.74, 6) is 3.12. The fraction of sp³-hybridized carbons (Fsp3) is 0.786. The Kier molecular flexibility index (Phi) is 2.11. The number of nitrogens with two attached hydrogens (primary N) is 1. The van der Waals surface area contributed by atoms with Crippen molar-refractivity contribution >= 4 is 16.3 Å². The molecule has 4 bridgehead atoms. The van der Waals surface area contributed by atoms with Gasteiger partial charge in [0.1, 0.15) is 5.00 Å². The van der Waals surface area contributed by atoms with Gasteiger partial charge in [0.05, 0.1) is 11.2 Å². The fourth-order valence-corrected chi connectivity index (χ4v) is 6.09. The van der Waals surface area contributed by atoms with Gasteiger partial charge in [0, 0.05) is 6.42 Å². The summed E-state index contributed by atoms with van der Waals surface area (Å²) in [6, 6.07) is 0. The van der Waals surface area contributed by atoms with E-state index in [1.807, 2.05) is 6.20 Å². The zero-order chi connectivity index (χ0) is 11.5. The number of rotatable bonds is 2. The minimum absolute atomic E-state index is 0.610. The Labute approximate surface area is 107 Å². The molecule has 0 atom stereocenters. The molecule has 0 unspecified atom stereocenters. The average Bonchev–Trinajstić information content (AvgIpc) is 2.60. The quantitative estimate of drug-likeness (QED) is 0.870. The molecular weight excluding hydrogens is 228 g/mol. The van der Waals surface area contributed by atoms with Crippen LogP contribution < -0.4 is 5.73 Å². The Morgan fingerprint density at radius 3 is 2.24 bits per heavy atom. The van der Waals surface area contributed by atoms with Gasteiger partial charge in [0.25, 0.3) is 0 Å². The molecule has 0 spiro atoms. The summed E-state index contributed by atoms with van der Waals surface area (Å²) in [4.78, 5) is 4.49. The zero-order valence-electron chi connectivity index (χ0n) is 10.2. The van der Waals surface area contributed by atoms with Crippen molar-refractivity contribution in [3.8, 4) is 0 Å². The highest BCUT2D eigenvalue weighted by atomic mass is 32.1. The second-order valence-corrected chi connectivity index (χ2v) is 7.90. The summed E-state index contributed by atoms with van der Waals surface area (Å²) in [5, 5.41) is 2.16. The van der Waals surface area contributed by atoms with E-state index in [0.29, 0.717) is 5.41 Å². The Morgan fingerprint density at radius 2 is 1.76 bits per heavy atom. The molecule has 4 aliphatic carbocycles. The van der Waals surface area contributed by atoms with Gasteiger partial charge < -0.3 is 5.73 Å². The van der Waals surface area contributed by atoms with Gasteiger partial charge in [-0.3, -0.25) is 0 Å². The van der Waals surface area contributed by atoms with Crippen LogP contribution in [0.25, 0.3) is 0 Å². The molecule has 1 aromatic heterocycles. The van der Waals surface area contributed by atoms with Crippen molar-refractivity contribution < 1.29 is 0 Å². The smallest absolute Gasteiger partial charge is 0.106 e. The lowest BCUT2D eigenvalue weighted by molar-refractivity contribution is -0.0521. The molecule has 0 saturated heterocycles. The van der Waals surface area contributed by atoms with E-state index in [9.17, 15) is 0 Å². The topological polar surface area (TPSA) is 38.9 Å². The molecule has 3 heteroatoms. The fourth-order valence-electron chi connectivity index (χ4n) is 5.23. The molecule has 0 amide bonds. The van der Waals surface area contributed by atoms with E-state index in [-0.39, 0.29) is 0 Å². The minimum Gasteiger partial charge on any atom is -0.389 e. The highest BCUT2D eigenvalue weighted by Crippen LogP contribution is 2.61. The summed E-state index contributed by atoms with van der Waals surface area (Å²) < 4.78 is 0. The molecule has 2 N–H and O–H groups in total. The van der Waals surface area contributed by atoms with Gasteiger partial charge in [-0.25, -0.2) is 4.98 Å². The second-order valence-electron chi connectivity index (χ2n) is 6.75. The highest BCUT2D eigenvalue weighted by Gasteiger charge is 2.50. The third-order valence-corrected chi connectivity index (χ3v) is 6.09. The van der Waals surface area contributed by atoms with Crippen LogP contribution in [0.4, 0.5) is 5.00 Å². The van der Waals surface area contributed by atoms with Gasteiger partial charge >= 0.3 is 0 Å². The number of thiazole rings is 1. The molecule has 4 aliphatic rings.